The van der Waals surface area contributed by atoms with Crippen LogP contribution >= 0.6 is 37.2 Å². The molecule has 1 saturated heterocycles. The van der Waals surface area contributed by atoms with Crippen LogP contribution in [0.1, 0.15) is 18.4 Å². The molecule has 0 unspecified atom stereocenters. The lowest BCUT2D eigenvalue weighted by Crippen LogP contribution is -2.29. The van der Waals surface area contributed by atoms with E-state index in [1.807, 2.05) is 0 Å². The fourth-order valence-electron chi connectivity index (χ4n) is 2.82. The van der Waals surface area contributed by atoms with Crippen LogP contribution in [0, 0.1) is 5.92 Å². The second kappa shape index (κ2) is 11.2. The van der Waals surface area contributed by atoms with Gasteiger partial charge in [-0.3, -0.25) is 0 Å². The fraction of sp³-hybridized carbons (Fsp3) is 0.625. The Hall–Kier alpha value is -0.350. The number of rotatable bonds is 4. The molecule has 6 heteroatoms. The highest BCUT2D eigenvalue weighted by Gasteiger charge is 2.16. The molecule has 3 nitrogen and oxygen atoms in total. The lowest BCUT2D eigenvalue weighted by Gasteiger charge is -2.26. The zero-order valence-corrected chi connectivity index (χ0v) is 16.4. The maximum Gasteiger partial charge on any atom is 0.0414 e. The molecule has 2 rings (SSSR count). The molecule has 0 aliphatic carbocycles. The van der Waals surface area contributed by atoms with E-state index in [0.29, 0.717) is 0 Å². The largest absolute Gasteiger partial charge is 0.378 e. The van der Waals surface area contributed by atoms with Crippen molar-refractivity contribution in [2.24, 2.45) is 5.92 Å². The maximum atomic E-state index is 3.44. The van der Waals surface area contributed by atoms with Crippen molar-refractivity contribution in [3.8, 4) is 0 Å². The molecule has 1 aromatic carbocycles. The van der Waals surface area contributed by atoms with Gasteiger partial charge in [0.15, 0.2) is 0 Å². The van der Waals surface area contributed by atoms with E-state index < -0.39 is 0 Å². The zero-order valence-electron chi connectivity index (χ0n) is 14.0. The molecule has 1 aliphatic rings. The predicted molar refractivity (Wildman–Crippen MR) is 106 cm³/mol. The first-order valence-corrected chi connectivity index (χ1v) is 7.26. The Bertz CT molecular complexity index is 419. The minimum Gasteiger partial charge on any atom is -0.378 e. The minimum atomic E-state index is 0. The van der Waals surface area contributed by atoms with Gasteiger partial charge in [-0.25, -0.2) is 0 Å². The summed E-state index contributed by atoms with van der Waals surface area (Å²) in [7, 11) is 8.48. The Labute approximate surface area is 154 Å². The second-order valence-corrected chi connectivity index (χ2v) is 6.00. The van der Waals surface area contributed by atoms with Gasteiger partial charge in [0.2, 0.25) is 0 Å². The number of nitrogens with zero attached hydrogens (tertiary/aromatic N) is 2. The molecule has 1 aromatic rings. The number of hydrogen-bond donors (Lipinski definition) is 1. The van der Waals surface area contributed by atoms with Gasteiger partial charge in [0.1, 0.15) is 0 Å². The first-order valence-electron chi connectivity index (χ1n) is 7.26. The highest BCUT2D eigenvalue weighted by molar-refractivity contribution is 5.86. The first-order chi connectivity index (χ1) is 9.08. The Morgan fingerprint density at radius 1 is 0.955 bits per heavy atom. The molecular weight excluding hydrogens is 341 g/mol. The molecule has 0 radical (unpaired) electrons. The van der Waals surface area contributed by atoms with Crippen LogP contribution in [-0.2, 0) is 6.42 Å². The summed E-state index contributed by atoms with van der Waals surface area (Å²) in [6.45, 7) is 2.36. The topological polar surface area (TPSA) is 18.5 Å². The number of benzene rings is 1. The summed E-state index contributed by atoms with van der Waals surface area (Å²) in [6.07, 6.45) is 3.83. The van der Waals surface area contributed by atoms with Gasteiger partial charge in [-0.05, 0) is 56.0 Å². The Morgan fingerprint density at radius 3 is 2.05 bits per heavy atom. The smallest absolute Gasteiger partial charge is 0.0414 e. The summed E-state index contributed by atoms with van der Waals surface area (Å²) in [4.78, 5) is 4.41. The maximum absolute atomic E-state index is 3.44. The van der Waals surface area contributed by atoms with E-state index >= 15 is 0 Å². The van der Waals surface area contributed by atoms with E-state index in [4.69, 9.17) is 0 Å². The van der Waals surface area contributed by atoms with Gasteiger partial charge < -0.3 is 15.1 Å². The van der Waals surface area contributed by atoms with Gasteiger partial charge in [0.05, 0.1) is 0 Å². The van der Waals surface area contributed by atoms with Crippen molar-refractivity contribution in [2.75, 3.05) is 51.1 Å². The van der Waals surface area contributed by atoms with Gasteiger partial charge >= 0.3 is 0 Å². The molecule has 1 aliphatic heterocycles. The van der Waals surface area contributed by atoms with E-state index in [-0.39, 0.29) is 37.2 Å². The average molecular weight is 371 g/mol. The Morgan fingerprint density at radius 2 is 1.55 bits per heavy atom. The standard InChI is InChI=1S/C16H27N3.3ClH/c1-18(2)15-6-5-14(16(12-15)19(3)4)11-13-7-9-17-10-8-13;;;/h5-6,12-13,17H,7-11H2,1-4H3;3*1H. The fourth-order valence-corrected chi connectivity index (χ4v) is 2.82. The number of anilines is 2. The van der Waals surface area contributed by atoms with Crippen molar-refractivity contribution in [3.63, 3.8) is 0 Å². The lowest BCUT2D eigenvalue weighted by atomic mass is 9.90. The molecule has 0 spiro atoms. The van der Waals surface area contributed by atoms with Gasteiger partial charge in [-0.15, -0.1) is 37.2 Å². The Balaban J connectivity index is 0. The van der Waals surface area contributed by atoms with Crippen LogP contribution < -0.4 is 15.1 Å². The second-order valence-electron chi connectivity index (χ2n) is 6.00. The third kappa shape index (κ3) is 6.41. The van der Waals surface area contributed by atoms with Crippen molar-refractivity contribution < 1.29 is 0 Å². The van der Waals surface area contributed by atoms with E-state index in [9.17, 15) is 0 Å². The highest BCUT2D eigenvalue weighted by atomic mass is 35.5. The third-order valence-corrected chi connectivity index (χ3v) is 4.03. The molecule has 22 heavy (non-hydrogen) atoms. The van der Waals surface area contributed by atoms with Crippen LogP contribution in [0.15, 0.2) is 18.2 Å². The molecule has 0 saturated carbocycles. The van der Waals surface area contributed by atoms with Crippen LogP contribution in [0.4, 0.5) is 11.4 Å². The van der Waals surface area contributed by atoms with E-state index in [1.165, 1.54) is 49.3 Å². The molecule has 0 aromatic heterocycles. The molecule has 0 amide bonds. The normalized spacial score (nSPS) is 14.2. The number of hydrogen-bond acceptors (Lipinski definition) is 3. The molecule has 1 fully saturated rings. The summed E-state index contributed by atoms with van der Waals surface area (Å²) in [5, 5.41) is 3.44. The highest BCUT2D eigenvalue weighted by Crippen LogP contribution is 2.29. The van der Waals surface area contributed by atoms with Gasteiger partial charge in [-0.2, -0.15) is 0 Å². The summed E-state index contributed by atoms with van der Waals surface area (Å²) < 4.78 is 0. The van der Waals surface area contributed by atoms with E-state index in [2.05, 4.69) is 61.5 Å². The summed E-state index contributed by atoms with van der Waals surface area (Å²) in [5.74, 6) is 0.838. The molecule has 0 bridgehead atoms. The van der Waals surface area contributed by atoms with Crippen LogP contribution in [0.5, 0.6) is 0 Å². The first kappa shape index (κ1) is 23.9. The summed E-state index contributed by atoms with van der Waals surface area (Å²) >= 11 is 0. The quantitative estimate of drug-likeness (QED) is 0.873. The zero-order chi connectivity index (χ0) is 13.8. The van der Waals surface area contributed by atoms with Gasteiger partial charge in [-0.1, -0.05) is 6.07 Å². The minimum absolute atomic E-state index is 0. The van der Waals surface area contributed by atoms with E-state index in [0.717, 1.165) is 5.92 Å². The number of halogens is 3. The van der Waals surface area contributed by atoms with Crippen LogP contribution in [0.3, 0.4) is 0 Å². The number of nitrogens with one attached hydrogen (secondary N) is 1. The molecule has 1 heterocycles. The van der Waals surface area contributed by atoms with Crippen molar-refractivity contribution in [3.05, 3.63) is 23.8 Å². The number of piperidine rings is 1. The van der Waals surface area contributed by atoms with Gasteiger partial charge in [0.25, 0.3) is 0 Å². The van der Waals surface area contributed by atoms with Crippen molar-refractivity contribution in [1.82, 2.24) is 5.32 Å². The van der Waals surface area contributed by atoms with Gasteiger partial charge in [0, 0.05) is 39.6 Å². The molecule has 1 N–H and O–H groups in total. The van der Waals surface area contributed by atoms with Crippen LogP contribution in [-0.4, -0.2) is 41.3 Å². The van der Waals surface area contributed by atoms with Crippen LogP contribution in [0.2, 0.25) is 0 Å². The Kier molecular flexibility index (Phi) is 12.2. The summed E-state index contributed by atoms with van der Waals surface area (Å²) in [5.41, 5.74) is 4.13. The van der Waals surface area contributed by atoms with E-state index in [1.54, 1.807) is 0 Å². The predicted octanol–water partition coefficient (Wildman–Crippen LogP) is 3.63. The third-order valence-electron chi connectivity index (χ3n) is 4.03. The van der Waals surface area contributed by atoms with Crippen molar-refractivity contribution in [1.29, 1.82) is 0 Å². The molecule has 0 atom stereocenters. The van der Waals surface area contributed by atoms with Crippen molar-refractivity contribution >= 4 is 48.6 Å². The monoisotopic (exact) mass is 369 g/mol. The molecular formula is C16H30Cl3N3. The van der Waals surface area contributed by atoms with Crippen LogP contribution in [0.25, 0.3) is 0 Å². The lowest BCUT2D eigenvalue weighted by molar-refractivity contribution is 0.373. The average Bonchev–Trinajstić information content (AvgIpc) is 2.39. The molecule has 130 valence electrons. The SMILES string of the molecule is CN(C)c1ccc(CC2CCNCC2)c(N(C)C)c1.Cl.Cl.Cl. The van der Waals surface area contributed by atoms with Crippen molar-refractivity contribution in [2.45, 2.75) is 19.3 Å². The summed E-state index contributed by atoms with van der Waals surface area (Å²) in [6, 6.07) is 6.85.